The molecule has 3 atom stereocenters. The Labute approximate surface area is 172 Å². The summed E-state index contributed by atoms with van der Waals surface area (Å²) in [7, 11) is -3.74. The number of aryl methyl sites for hydroxylation is 1. The highest BCUT2D eigenvalue weighted by atomic mass is 32.2. The van der Waals surface area contributed by atoms with Crippen molar-refractivity contribution in [3.63, 3.8) is 0 Å². The molecule has 0 heterocycles. The molecule has 156 valence electrons. The van der Waals surface area contributed by atoms with Crippen LogP contribution in [-0.2, 0) is 14.6 Å². The van der Waals surface area contributed by atoms with Gasteiger partial charge in [-0.3, -0.25) is 0 Å². The molecule has 1 saturated carbocycles. The molecule has 3 rings (SSSR count). The zero-order valence-corrected chi connectivity index (χ0v) is 18.0. The van der Waals surface area contributed by atoms with E-state index in [1.807, 2.05) is 37.3 Å². The number of rotatable bonds is 5. The summed E-state index contributed by atoms with van der Waals surface area (Å²) in [5.41, 5.74) is 6.01. The summed E-state index contributed by atoms with van der Waals surface area (Å²) in [6.07, 6.45) is -0.675. The van der Waals surface area contributed by atoms with Gasteiger partial charge >= 0.3 is 6.09 Å². The Morgan fingerprint density at radius 1 is 1.10 bits per heavy atom. The van der Waals surface area contributed by atoms with Crippen molar-refractivity contribution in [2.24, 2.45) is 5.73 Å². The van der Waals surface area contributed by atoms with Crippen LogP contribution in [0.15, 0.2) is 59.5 Å². The van der Waals surface area contributed by atoms with Gasteiger partial charge in [0.15, 0.2) is 9.84 Å². The predicted octanol–water partition coefficient (Wildman–Crippen LogP) is 3.16. The van der Waals surface area contributed by atoms with Crippen molar-refractivity contribution in [2.45, 2.75) is 54.9 Å². The summed E-state index contributed by atoms with van der Waals surface area (Å²) in [5.74, 6) is -0.465. The summed E-state index contributed by atoms with van der Waals surface area (Å²) >= 11 is 0. The molecule has 29 heavy (non-hydrogen) atoms. The molecule has 6 nitrogen and oxygen atoms in total. The molecular weight excluding hydrogens is 388 g/mol. The monoisotopic (exact) mass is 416 g/mol. The van der Waals surface area contributed by atoms with E-state index in [2.05, 4.69) is 5.32 Å². The summed E-state index contributed by atoms with van der Waals surface area (Å²) < 4.78 is 32.3. The molecule has 1 fully saturated rings. The van der Waals surface area contributed by atoms with Crippen LogP contribution in [0.4, 0.5) is 4.79 Å². The van der Waals surface area contributed by atoms with Gasteiger partial charge in [-0.25, -0.2) is 13.2 Å². The van der Waals surface area contributed by atoms with Gasteiger partial charge in [-0.1, -0.05) is 48.0 Å². The van der Waals surface area contributed by atoms with Crippen molar-refractivity contribution in [2.75, 3.05) is 6.54 Å². The second-order valence-electron chi connectivity index (χ2n) is 8.54. The molecule has 0 spiro atoms. The fraction of sp³-hybridized carbons (Fsp3) is 0.409. The molecule has 1 amide bonds. The number of sulfone groups is 1. The largest absolute Gasteiger partial charge is 0.444 e. The Morgan fingerprint density at radius 3 is 2.21 bits per heavy atom. The second kappa shape index (κ2) is 7.46. The number of amides is 1. The van der Waals surface area contributed by atoms with Crippen molar-refractivity contribution in [3.05, 3.63) is 65.7 Å². The van der Waals surface area contributed by atoms with Crippen LogP contribution in [0.25, 0.3) is 0 Å². The fourth-order valence-electron chi connectivity index (χ4n) is 3.80. The molecule has 0 aromatic heterocycles. The lowest BCUT2D eigenvalue weighted by Crippen LogP contribution is -2.49. The first kappa shape index (κ1) is 21.3. The first-order valence-electron chi connectivity index (χ1n) is 9.58. The highest BCUT2D eigenvalue weighted by Gasteiger charge is 2.71. The number of benzene rings is 2. The number of carbonyl (C=O) groups is 1. The van der Waals surface area contributed by atoms with Gasteiger partial charge in [0.25, 0.3) is 0 Å². The third-order valence-electron chi connectivity index (χ3n) is 5.17. The van der Waals surface area contributed by atoms with E-state index in [1.165, 1.54) is 0 Å². The van der Waals surface area contributed by atoms with Gasteiger partial charge in [-0.15, -0.1) is 0 Å². The van der Waals surface area contributed by atoms with Gasteiger partial charge in [0, 0.05) is 12.5 Å². The van der Waals surface area contributed by atoms with Crippen LogP contribution in [0, 0.1) is 6.92 Å². The van der Waals surface area contributed by atoms with Crippen LogP contribution in [0.3, 0.4) is 0 Å². The first-order chi connectivity index (χ1) is 13.5. The molecule has 0 unspecified atom stereocenters. The molecule has 3 N–H and O–H groups in total. The fourth-order valence-corrected chi connectivity index (χ4v) is 6.15. The lowest BCUT2D eigenvalue weighted by atomic mass is 10.1. The highest BCUT2D eigenvalue weighted by molar-refractivity contribution is 7.92. The normalized spacial score (nSPS) is 24.0. The molecule has 1 aliphatic carbocycles. The molecule has 7 heteroatoms. The minimum absolute atomic E-state index is 0.0262. The van der Waals surface area contributed by atoms with E-state index in [0.717, 1.165) is 11.1 Å². The Kier molecular flexibility index (Phi) is 5.49. The van der Waals surface area contributed by atoms with E-state index in [0.29, 0.717) is 0 Å². The number of alkyl carbamates (subject to hydrolysis) is 1. The Morgan fingerprint density at radius 2 is 1.69 bits per heavy atom. The smallest absolute Gasteiger partial charge is 0.408 e. The molecule has 0 radical (unpaired) electrons. The zero-order valence-electron chi connectivity index (χ0n) is 17.2. The van der Waals surface area contributed by atoms with Crippen LogP contribution in [0.5, 0.6) is 0 Å². The van der Waals surface area contributed by atoms with Gasteiger partial charge in [0.05, 0.1) is 10.4 Å². The molecular formula is C22H28N2O4S. The summed E-state index contributed by atoms with van der Waals surface area (Å²) in [6, 6.07) is 16.0. The molecule has 2 aromatic carbocycles. The average molecular weight is 417 g/mol. The van der Waals surface area contributed by atoms with Gasteiger partial charge in [-0.05, 0) is 45.4 Å². The number of nitrogens with one attached hydrogen (secondary N) is 1. The van der Waals surface area contributed by atoms with Crippen LogP contribution in [0.1, 0.15) is 37.8 Å². The number of hydrogen-bond donors (Lipinski definition) is 2. The van der Waals surface area contributed by atoms with Gasteiger partial charge < -0.3 is 15.8 Å². The molecule has 1 aliphatic rings. The average Bonchev–Trinajstić information content (AvgIpc) is 3.30. The standard InChI is InChI=1S/C22H28N2O4S/c1-15-10-12-17(13-11-15)29(26,27)19-18(16-8-6-5-7-9-16)22(19,14-23)24-20(25)28-21(2,3)4/h5-13,18-19H,14,23H2,1-4H3,(H,24,25)/t18-,19-,22-/m1/s1. The van der Waals surface area contributed by atoms with Crippen molar-refractivity contribution in [3.8, 4) is 0 Å². The van der Waals surface area contributed by atoms with E-state index in [1.54, 1.807) is 45.0 Å². The van der Waals surface area contributed by atoms with Crippen LogP contribution in [0.2, 0.25) is 0 Å². The Balaban J connectivity index is 2.02. The number of carbonyl (C=O) groups excluding carboxylic acids is 1. The first-order valence-corrected chi connectivity index (χ1v) is 11.1. The maximum atomic E-state index is 13.5. The van der Waals surface area contributed by atoms with E-state index in [9.17, 15) is 13.2 Å². The SMILES string of the molecule is Cc1ccc(S(=O)(=O)[C@@H]2[C@@H](c3ccccc3)[C@@]2(CN)NC(=O)OC(C)(C)C)cc1. The number of ether oxygens (including phenoxy) is 1. The Bertz CT molecular complexity index is 982. The van der Waals surface area contributed by atoms with E-state index in [4.69, 9.17) is 10.5 Å². The van der Waals surface area contributed by atoms with E-state index in [-0.39, 0.29) is 11.4 Å². The van der Waals surface area contributed by atoms with Crippen molar-refractivity contribution in [1.82, 2.24) is 5.32 Å². The zero-order chi connectivity index (χ0) is 21.4. The third kappa shape index (κ3) is 4.16. The van der Waals surface area contributed by atoms with E-state index < -0.39 is 38.2 Å². The van der Waals surface area contributed by atoms with E-state index >= 15 is 0 Å². The molecule has 2 aromatic rings. The maximum Gasteiger partial charge on any atom is 0.408 e. The van der Waals surface area contributed by atoms with Crippen LogP contribution >= 0.6 is 0 Å². The lowest BCUT2D eigenvalue weighted by Gasteiger charge is -2.24. The van der Waals surface area contributed by atoms with Gasteiger partial charge in [-0.2, -0.15) is 0 Å². The maximum absolute atomic E-state index is 13.5. The third-order valence-corrected chi connectivity index (χ3v) is 7.46. The summed E-state index contributed by atoms with van der Waals surface area (Å²) in [6.45, 7) is 7.13. The van der Waals surface area contributed by atoms with Crippen molar-refractivity contribution < 1.29 is 17.9 Å². The number of nitrogens with two attached hydrogens (primary N) is 1. The summed E-state index contributed by atoms with van der Waals surface area (Å²) in [4.78, 5) is 12.7. The highest BCUT2D eigenvalue weighted by Crippen LogP contribution is 2.56. The molecule has 0 bridgehead atoms. The van der Waals surface area contributed by atoms with Crippen LogP contribution < -0.4 is 11.1 Å². The second-order valence-corrected chi connectivity index (χ2v) is 10.6. The quantitative estimate of drug-likeness (QED) is 0.780. The minimum atomic E-state index is -3.74. The van der Waals surface area contributed by atoms with Crippen LogP contribution in [-0.4, -0.2) is 37.4 Å². The molecule has 0 aliphatic heterocycles. The molecule has 0 saturated heterocycles. The topological polar surface area (TPSA) is 98.5 Å². The van der Waals surface area contributed by atoms with Gasteiger partial charge in [0.1, 0.15) is 10.9 Å². The van der Waals surface area contributed by atoms with Crippen molar-refractivity contribution >= 4 is 15.9 Å². The number of hydrogen-bond acceptors (Lipinski definition) is 5. The summed E-state index contributed by atoms with van der Waals surface area (Å²) in [5, 5.41) is 1.92. The minimum Gasteiger partial charge on any atom is -0.444 e. The lowest BCUT2D eigenvalue weighted by molar-refractivity contribution is 0.0497. The predicted molar refractivity (Wildman–Crippen MR) is 112 cm³/mol. The van der Waals surface area contributed by atoms with Crippen molar-refractivity contribution in [1.29, 1.82) is 0 Å². The Hall–Kier alpha value is -2.38. The van der Waals surface area contributed by atoms with Gasteiger partial charge in [0.2, 0.25) is 0 Å².